The van der Waals surface area contributed by atoms with Crippen molar-refractivity contribution in [2.24, 2.45) is 0 Å². The van der Waals surface area contributed by atoms with Crippen molar-refractivity contribution < 1.29 is 0 Å². The van der Waals surface area contributed by atoms with Gasteiger partial charge in [0.15, 0.2) is 0 Å². The molecule has 0 bridgehead atoms. The summed E-state index contributed by atoms with van der Waals surface area (Å²) in [5.41, 5.74) is 2.74. The third-order valence-electron chi connectivity index (χ3n) is 2.50. The zero-order valence-electron chi connectivity index (χ0n) is 8.18. The SMILES string of the molecule is C1=Cc2ccccc2[Se]c2ccccc21. The second-order valence-corrected chi connectivity index (χ2v) is 5.78. The molecule has 0 aliphatic carbocycles. The number of fused-ring (bicyclic) bond motifs is 2. The van der Waals surface area contributed by atoms with Crippen LogP contribution in [0, 0.1) is 0 Å². The van der Waals surface area contributed by atoms with Crippen molar-refractivity contribution in [3.05, 3.63) is 59.7 Å². The Hall–Kier alpha value is -1.30. The summed E-state index contributed by atoms with van der Waals surface area (Å²) in [4.78, 5) is 0. The second-order valence-electron chi connectivity index (χ2n) is 3.51. The predicted molar refractivity (Wildman–Crippen MR) is 66.8 cm³/mol. The van der Waals surface area contributed by atoms with Crippen LogP contribution in [-0.4, -0.2) is 15.0 Å². The van der Waals surface area contributed by atoms with Gasteiger partial charge in [0.05, 0.1) is 0 Å². The fourth-order valence-electron chi connectivity index (χ4n) is 1.72. The zero-order valence-corrected chi connectivity index (χ0v) is 9.89. The summed E-state index contributed by atoms with van der Waals surface area (Å²) < 4.78 is 2.96. The van der Waals surface area contributed by atoms with Crippen LogP contribution in [0.3, 0.4) is 0 Å². The summed E-state index contributed by atoms with van der Waals surface area (Å²) in [6, 6.07) is 17.3. The van der Waals surface area contributed by atoms with E-state index in [1.54, 1.807) is 0 Å². The third kappa shape index (κ3) is 1.65. The Kier molecular flexibility index (Phi) is 2.21. The van der Waals surface area contributed by atoms with Crippen molar-refractivity contribution in [3.8, 4) is 0 Å². The topological polar surface area (TPSA) is 0 Å². The molecule has 0 saturated heterocycles. The molecule has 0 radical (unpaired) electrons. The minimum atomic E-state index is 0.441. The number of rotatable bonds is 0. The zero-order chi connectivity index (χ0) is 10.1. The molecular weight excluding hydrogens is 247 g/mol. The van der Waals surface area contributed by atoms with Gasteiger partial charge < -0.3 is 0 Å². The summed E-state index contributed by atoms with van der Waals surface area (Å²) in [5, 5.41) is 0. The Morgan fingerprint density at radius 1 is 0.600 bits per heavy atom. The van der Waals surface area contributed by atoms with E-state index in [2.05, 4.69) is 60.7 Å². The fraction of sp³-hybridized carbons (Fsp3) is 0. The van der Waals surface area contributed by atoms with E-state index in [0.717, 1.165) is 0 Å². The molecule has 2 aromatic carbocycles. The Labute approximate surface area is 95.8 Å². The van der Waals surface area contributed by atoms with Gasteiger partial charge in [0.25, 0.3) is 0 Å². The predicted octanol–water partition coefficient (Wildman–Crippen LogP) is 1.83. The molecule has 15 heavy (non-hydrogen) atoms. The van der Waals surface area contributed by atoms with Crippen LogP contribution in [0.5, 0.6) is 0 Å². The molecule has 0 aromatic heterocycles. The van der Waals surface area contributed by atoms with Gasteiger partial charge in [-0.25, -0.2) is 0 Å². The van der Waals surface area contributed by atoms with Crippen LogP contribution in [0.25, 0.3) is 12.2 Å². The fourth-order valence-corrected chi connectivity index (χ4v) is 3.90. The number of hydrogen-bond donors (Lipinski definition) is 0. The maximum absolute atomic E-state index is 2.24. The van der Waals surface area contributed by atoms with Gasteiger partial charge in [-0.1, -0.05) is 0 Å². The Balaban J connectivity index is 2.19. The molecule has 1 heteroatoms. The molecule has 1 aliphatic rings. The Morgan fingerprint density at radius 3 is 1.60 bits per heavy atom. The first-order valence-corrected chi connectivity index (χ1v) is 6.69. The molecule has 0 spiro atoms. The molecule has 0 unspecified atom stereocenters. The van der Waals surface area contributed by atoms with Crippen molar-refractivity contribution in [3.63, 3.8) is 0 Å². The molecule has 1 aliphatic heterocycles. The van der Waals surface area contributed by atoms with E-state index in [1.807, 2.05) is 0 Å². The van der Waals surface area contributed by atoms with E-state index >= 15 is 0 Å². The third-order valence-corrected chi connectivity index (χ3v) is 4.98. The monoisotopic (exact) mass is 258 g/mol. The van der Waals surface area contributed by atoms with Crippen molar-refractivity contribution >= 4 is 36.0 Å². The van der Waals surface area contributed by atoms with Gasteiger partial charge in [-0.2, -0.15) is 0 Å². The van der Waals surface area contributed by atoms with Gasteiger partial charge in [0.2, 0.25) is 0 Å². The molecule has 0 saturated carbocycles. The first kappa shape index (κ1) is 8.96. The van der Waals surface area contributed by atoms with E-state index < -0.39 is 0 Å². The number of hydrogen-bond acceptors (Lipinski definition) is 0. The van der Waals surface area contributed by atoms with Crippen molar-refractivity contribution in [1.29, 1.82) is 0 Å². The van der Waals surface area contributed by atoms with Gasteiger partial charge in [-0.3, -0.25) is 0 Å². The van der Waals surface area contributed by atoms with Crippen molar-refractivity contribution in [2.75, 3.05) is 0 Å². The van der Waals surface area contributed by atoms with E-state index in [1.165, 1.54) is 20.1 Å². The number of benzene rings is 2. The first-order chi connectivity index (χ1) is 7.43. The van der Waals surface area contributed by atoms with Gasteiger partial charge in [-0.05, 0) is 0 Å². The Morgan fingerprint density at radius 2 is 1.07 bits per heavy atom. The molecule has 2 aromatic rings. The summed E-state index contributed by atoms with van der Waals surface area (Å²) in [6.07, 6.45) is 4.45. The summed E-state index contributed by atoms with van der Waals surface area (Å²) in [5.74, 6) is 0. The van der Waals surface area contributed by atoms with E-state index in [-0.39, 0.29) is 0 Å². The van der Waals surface area contributed by atoms with Gasteiger partial charge >= 0.3 is 95.7 Å². The van der Waals surface area contributed by atoms with E-state index in [0.29, 0.717) is 15.0 Å². The maximum atomic E-state index is 2.24. The molecule has 0 fully saturated rings. The van der Waals surface area contributed by atoms with Gasteiger partial charge in [0.1, 0.15) is 0 Å². The molecule has 0 amide bonds. The van der Waals surface area contributed by atoms with Crippen LogP contribution >= 0.6 is 0 Å². The van der Waals surface area contributed by atoms with Crippen LogP contribution in [0.2, 0.25) is 0 Å². The van der Waals surface area contributed by atoms with E-state index in [4.69, 9.17) is 0 Å². The average molecular weight is 257 g/mol. The van der Waals surface area contributed by atoms with Crippen molar-refractivity contribution in [1.82, 2.24) is 0 Å². The normalized spacial score (nSPS) is 12.8. The molecule has 72 valence electrons. The van der Waals surface area contributed by atoms with Crippen LogP contribution in [0.4, 0.5) is 0 Å². The van der Waals surface area contributed by atoms with Crippen LogP contribution in [0.1, 0.15) is 11.1 Å². The molecule has 0 nitrogen and oxygen atoms in total. The Bertz CT molecular complexity index is 479. The summed E-state index contributed by atoms with van der Waals surface area (Å²) in [6.45, 7) is 0. The molecule has 3 rings (SSSR count). The molecule has 1 heterocycles. The molecule has 0 atom stereocenters. The van der Waals surface area contributed by atoms with Crippen LogP contribution in [-0.2, 0) is 0 Å². The molecule has 0 N–H and O–H groups in total. The average Bonchev–Trinajstić information content (AvgIpc) is 2.48. The summed E-state index contributed by atoms with van der Waals surface area (Å²) in [7, 11) is 0. The van der Waals surface area contributed by atoms with Crippen LogP contribution in [0.15, 0.2) is 48.5 Å². The van der Waals surface area contributed by atoms with Crippen molar-refractivity contribution in [2.45, 2.75) is 0 Å². The van der Waals surface area contributed by atoms with Gasteiger partial charge in [0, 0.05) is 0 Å². The standard InChI is InChI=1S/C14H10Se/c1-3-7-13-11(5-1)9-10-12-6-2-4-8-14(12)15-13/h1-10H. The first-order valence-electron chi connectivity index (χ1n) is 4.97. The molecular formula is C14H10Se. The summed E-state index contributed by atoms with van der Waals surface area (Å²) >= 11 is 0.441. The van der Waals surface area contributed by atoms with E-state index in [9.17, 15) is 0 Å². The minimum absolute atomic E-state index is 0.441. The quantitative estimate of drug-likeness (QED) is 0.539. The van der Waals surface area contributed by atoms with Crippen LogP contribution < -0.4 is 8.92 Å². The van der Waals surface area contributed by atoms with Gasteiger partial charge in [-0.15, -0.1) is 0 Å². The second kappa shape index (κ2) is 3.69.